The van der Waals surface area contributed by atoms with Crippen molar-refractivity contribution in [1.82, 2.24) is 9.55 Å². The third-order valence-corrected chi connectivity index (χ3v) is 8.76. The second-order valence-electron chi connectivity index (χ2n) is 9.12. The molecular weight excluding hydrogens is 424 g/mol. The molecule has 6 heteroatoms. The lowest BCUT2D eigenvalue weighted by Crippen LogP contribution is -2.31. The number of hydrogen-bond acceptors (Lipinski definition) is 5. The number of aromatic nitrogens is 2. The Bertz CT molecular complexity index is 1110. The topological polar surface area (TPSA) is 44.1 Å². The summed E-state index contributed by atoms with van der Waals surface area (Å²) in [7, 11) is 0. The molecule has 1 saturated carbocycles. The second-order valence-corrected chi connectivity index (χ2v) is 11.1. The summed E-state index contributed by atoms with van der Waals surface area (Å²) in [6.45, 7) is 5.00. The maximum Gasteiger partial charge on any atom is 0.263 e. The Morgan fingerprint density at radius 1 is 1.19 bits per heavy atom. The van der Waals surface area contributed by atoms with E-state index in [4.69, 9.17) is 9.72 Å². The predicted molar refractivity (Wildman–Crippen MR) is 129 cm³/mol. The quantitative estimate of drug-likeness (QED) is 0.333. The van der Waals surface area contributed by atoms with Crippen molar-refractivity contribution >= 4 is 33.3 Å². The van der Waals surface area contributed by atoms with E-state index in [1.54, 1.807) is 23.1 Å². The van der Waals surface area contributed by atoms with Gasteiger partial charge in [0, 0.05) is 23.1 Å². The van der Waals surface area contributed by atoms with Gasteiger partial charge in [-0.2, -0.15) is 0 Å². The minimum absolute atomic E-state index is 0.175. The van der Waals surface area contributed by atoms with Crippen LogP contribution < -0.4 is 5.56 Å². The Morgan fingerprint density at radius 3 is 2.71 bits per heavy atom. The lowest BCUT2D eigenvalue weighted by molar-refractivity contribution is 0.00200. The van der Waals surface area contributed by atoms with E-state index in [-0.39, 0.29) is 17.7 Å². The van der Waals surface area contributed by atoms with Crippen molar-refractivity contribution in [3.63, 3.8) is 0 Å². The lowest BCUT2D eigenvalue weighted by atomic mass is 9.94. The molecule has 31 heavy (non-hydrogen) atoms. The highest BCUT2D eigenvalue weighted by molar-refractivity contribution is 7.98. The molecule has 0 N–H and O–H groups in total. The third kappa shape index (κ3) is 4.22. The molecule has 1 fully saturated rings. The van der Waals surface area contributed by atoms with Crippen LogP contribution in [0.3, 0.4) is 0 Å². The Balaban J connectivity index is 1.59. The summed E-state index contributed by atoms with van der Waals surface area (Å²) in [4.78, 5) is 21.1. The zero-order valence-electron chi connectivity index (χ0n) is 18.3. The van der Waals surface area contributed by atoms with E-state index in [0.717, 1.165) is 40.4 Å². The molecule has 3 heterocycles. The molecule has 1 aliphatic heterocycles. The van der Waals surface area contributed by atoms with Gasteiger partial charge in [0.15, 0.2) is 5.16 Å². The molecule has 0 saturated heterocycles. The summed E-state index contributed by atoms with van der Waals surface area (Å²) in [6.07, 6.45) is 6.83. The summed E-state index contributed by atoms with van der Waals surface area (Å²) in [5, 5.41) is 1.75. The largest absolute Gasteiger partial charge is 0.372 e. The van der Waals surface area contributed by atoms with Crippen LogP contribution in [0.1, 0.15) is 68.0 Å². The van der Waals surface area contributed by atoms with Crippen LogP contribution in [0.4, 0.5) is 0 Å². The molecule has 0 bridgehead atoms. The minimum Gasteiger partial charge on any atom is -0.372 e. The van der Waals surface area contributed by atoms with Crippen LogP contribution in [-0.4, -0.2) is 15.7 Å². The van der Waals surface area contributed by atoms with E-state index in [9.17, 15) is 4.79 Å². The van der Waals surface area contributed by atoms with Crippen molar-refractivity contribution in [2.45, 2.75) is 82.0 Å². The van der Waals surface area contributed by atoms with Gasteiger partial charge < -0.3 is 4.74 Å². The molecule has 3 aromatic rings. The van der Waals surface area contributed by atoms with Crippen LogP contribution >= 0.6 is 23.1 Å². The first kappa shape index (κ1) is 21.2. The average Bonchev–Trinajstić information content (AvgIpc) is 3.17. The van der Waals surface area contributed by atoms with Gasteiger partial charge in [-0.05, 0) is 29.9 Å². The fraction of sp³-hybridized carbons (Fsp3) is 0.520. The van der Waals surface area contributed by atoms with Gasteiger partial charge in [-0.25, -0.2) is 4.98 Å². The molecule has 4 nitrogen and oxygen atoms in total. The van der Waals surface area contributed by atoms with Crippen LogP contribution in [0.15, 0.2) is 40.3 Å². The zero-order valence-corrected chi connectivity index (χ0v) is 19.9. The van der Waals surface area contributed by atoms with Crippen molar-refractivity contribution in [1.29, 1.82) is 0 Å². The minimum atomic E-state index is 0.175. The predicted octanol–water partition coefficient (Wildman–Crippen LogP) is 6.35. The number of fused-ring (bicyclic) bond motifs is 3. The average molecular weight is 455 g/mol. The van der Waals surface area contributed by atoms with Gasteiger partial charge in [-0.1, -0.05) is 75.2 Å². The van der Waals surface area contributed by atoms with E-state index in [2.05, 4.69) is 42.7 Å². The molecule has 1 aromatic carbocycles. The van der Waals surface area contributed by atoms with Crippen LogP contribution in [-0.2, 0) is 23.5 Å². The first-order valence-corrected chi connectivity index (χ1v) is 13.3. The smallest absolute Gasteiger partial charge is 0.263 e. The van der Waals surface area contributed by atoms with E-state index in [0.29, 0.717) is 12.5 Å². The molecule has 2 aliphatic rings. The van der Waals surface area contributed by atoms with Gasteiger partial charge in [-0.3, -0.25) is 9.36 Å². The maximum atomic E-state index is 13.9. The van der Waals surface area contributed by atoms with Crippen LogP contribution in [0.5, 0.6) is 0 Å². The molecule has 0 spiro atoms. The van der Waals surface area contributed by atoms with Gasteiger partial charge >= 0.3 is 0 Å². The van der Waals surface area contributed by atoms with Gasteiger partial charge in [0.05, 0.1) is 18.1 Å². The number of thioether (sulfide) groups is 1. The summed E-state index contributed by atoms with van der Waals surface area (Å²) in [6, 6.07) is 10.7. The van der Waals surface area contributed by atoms with E-state index in [1.165, 1.54) is 35.3 Å². The van der Waals surface area contributed by atoms with Crippen molar-refractivity contribution < 1.29 is 4.74 Å². The third-order valence-electron chi connectivity index (χ3n) is 6.64. The van der Waals surface area contributed by atoms with E-state index < -0.39 is 0 Å². The van der Waals surface area contributed by atoms with Gasteiger partial charge in [-0.15, -0.1) is 11.3 Å². The number of rotatable bonds is 5. The molecule has 1 aliphatic carbocycles. The second kappa shape index (κ2) is 9.08. The van der Waals surface area contributed by atoms with Crippen molar-refractivity contribution in [3.05, 3.63) is 56.7 Å². The van der Waals surface area contributed by atoms with E-state index >= 15 is 0 Å². The number of hydrogen-bond donors (Lipinski definition) is 0. The molecule has 1 atom stereocenters. The molecule has 2 aromatic heterocycles. The molecule has 0 radical (unpaired) electrons. The number of nitrogens with zero attached hydrogens (tertiary/aromatic N) is 2. The first-order chi connectivity index (χ1) is 15.1. The summed E-state index contributed by atoms with van der Waals surface area (Å²) >= 11 is 3.36. The Kier molecular flexibility index (Phi) is 6.22. The van der Waals surface area contributed by atoms with E-state index in [1.807, 2.05) is 6.07 Å². The Hall–Kier alpha value is -1.63. The number of ether oxygens (including phenoxy) is 1. The molecular formula is C25H30N2O2S2. The first-order valence-electron chi connectivity index (χ1n) is 11.5. The Morgan fingerprint density at radius 2 is 1.97 bits per heavy atom. The Labute approximate surface area is 192 Å². The number of thiophene rings is 1. The standard InChI is InChI=1S/C25H30N2O2S2/c1-16(2)20-13-19-21(14-29-20)31-23-22(19)24(28)27(18-11-7-4-8-12-18)25(26-23)30-15-17-9-5-3-6-10-17/h3,5-6,9-10,16,18,20H,4,7-8,11-15H2,1-2H3. The highest BCUT2D eigenvalue weighted by Gasteiger charge is 2.30. The zero-order chi connectivity index (χ0) is 21.4. The fourth-order valence-electron chi connectivity index (χ4n) is 4.83. The highest BCUT2D eigenvalue weighted by Crippen LogP contribution is 2.38. The SMILES string of the molecule is CC(C)C1Cc2c(sc3nc(SCc4ccccc4)n(C4CCCCC4)c(=O)c23)CO1. The van der Waals surface area contributed by atoms with Crippen LogP contribution in [0, 0.1) is 5.92 Å². The van der Waals surface area contributed by atoms with Gasteiger partial charge in [0.25, 0.3) is 5.56 Å². The normalized spacial score (nSPS) is 19.8. The molecule has 1 unspecified atom stereocenters. The van der Waals surface area contributed by atoms with Gasteiger partial charge in [0.1, 0.15) is 4.83 Å². The van der Waals surface area contributed by atoms with Crippen LogP contribution in [0.25, 0.3) is 10.2 Å². The van der Waals surface area contributed by atoms with Crippen molar-refractivity contribution in [3.8, 4) is 0 Å². The summed E-state index contributed by atoms with van der Waals surface area (Å²) < 4.78 is 8.14. The van der Waals surface area contributed by atoms with Crippen molar-refractivity contribution in [2.75, 3.05) is 0 Å². The highest BCUT2D eigenvalue weighted by atomic mass is 32.2. The summed E-state index contributed by atoms with van der Waals surface area (Å²) in [5.74, 6) is 1.27. The molecule has 5 rings (SSSR count). The fourth-order valence-corrected chi connectivity index (χ4v) is 7.02. The monoisotopic (exact) mass is 454 g/mol. The number of benzene rings is 1. The van der Waals surface area contributed by atoms with Gasteiger partial charge in [0.2, 0.25) is 0 Å². The lowest BCUT2D eigenvalue weighted by Gasteiger charge is -2.27. The summed E-state index contributed by atoms with van der Waals surface area (Å²) in [5.41, 5.74) is 2.64. The molecule has 164 valence electrons. The van der Waals surface area contributed by atoms with Crippen molar-refractivity contribution in [2.24, 2.45) is 5.92 Å². The molecule has 0 amide bonds. The maximum absolute atomic E-state index is 13.9. The van der Waals surface area contributed by atoms with Crippen LogP contribution in [0.2, 0.25) is 0 Å².